The normalized spacial score (nSPS) is 21.8. The molecule has 0 spiro atoms. The lowest BCUT2D eigenvalue weighted by Crippen LogP contribution is -2.06. The zero-order valence-electron chi connectivity index (χ0n) is 10.3. The van der Waals surface area contributed by atoms with Gasteiger partial charge in [0, 0.05) is 36.0 Å². The minimum absolute atomic E-state index is 0.862. The summed E-state index contributed by atoms with van der Waals surface area (Å²) < 4.78 is 12.2. The van der Waals surface area contributed by atoms with Gasteiger partial charge in [-0.3, -0.25) is 0 Å². The van der Waals surface area contributed by atoms with Gasteiger partial charge in [-0.05, 0) is 34.8 Å². The highest BCUT2D eigenvalue weighted by molar-refractivity contribution is 9.06. The van der Waals surface area contributed by atoms with Crippen LogP contribution in [-0.4, -0.2) is 15.7 Å². The molecule has 0 fully saturated rings. The van der Waals surface area contributed by atoms with Crippen molar-refractivity contribution in [1.29, 1.82) is 0 Å². The average Bonchev–Trinajstić information content (AvgIpc) is 2.78. The van der Waals surface area contributed by atoms with Gasteiger partial charge in [0.1, 0.15) is 9.83 Å². The number of benzene rings is 1. The molecule has 1 nitrogen and oxygen atoms in total. The predicted molar refractivity (Wildman–Crippen MR) is 86.5 cm³/mol. The van der Waals surface area contributed by atoms with Gasteiger partial charge in [0.05, 0.1) is 4.90 Å². The van der Waals surface area contributed by atoms with Crippen molar-refractivity contribution in [3.8, 4) is 0 Å². The summed E-state index contributed by atoms with van der Waals surface area (Å²) in [5.74, 6) is 2.38. The van der Waals surface area contributed by atoms with Crippen molar-refractivity contribution in [1.82, 2.24) is 0 Å². The number of hydrogen-bond acceptors (Lipinski definition) is 5. The van der Waals surface area contributed by atoms with Crippen molar-refractivity contribution in [3.63, 3.8) is 0 Å². The van der Waals surface area contributed by atoms with Crippen LogP contribution in [0.4, 0.5) is 0 Å². The molecule has 1 aromatic carbocycles. The van der Waals surface area contributed by atoms with E-state index in [0.29, 0.717) is 0 Å². The number of fused-ring (bicyclic) bond motifs is 2. The summed E-state index contributed by atoms with van der Waals surface area (Å²) >= 11 is 3.96. The SMILES string of the molecule is CCc1c2c(c(CC)c3c1SSS3=O)SCCS2. The molecule has 0 saturated heterocycles. The maximum absolute atomic E-state index is 12.2. The fourth-order valence-electron chi connectivity index (χ4n) is 2.35. The Morgan fingerprint density at radius 3 is 2.22 bits per heavy atom. The fourth-order valence-corrected chi connectivity index (χ4v) is 10.9. The quantitative estimate of drug-likeness (QED) is 0.721. The molecule has 1 aromatic rings. The molecule has 2 heterocycles. The van der Waals surface area contributed by atoms with Crippen LogP contribution in [0, 0.1) is 0 Å². The summed E-state index contributed by atoms with van der Waals surface area (Å²) in [6.45, 7) is 4.40. The molecule has 6 heteroatoms. The van der Waals surface area contributed by atoms with E-state index in [0.717, 1.165) is 17.7 Å². The summed E-state index contributed by atoms with van der Waals surface area (Å²) in [5.41, 5.74) is 2.79. The highest BCUT2D eigenvalue weighted by Crippen LogP contribution is 2.56. The van der Waals surface area contributed by atoms with Gasteiger partial charge in [0.2, 0.25) is 0 Å². The largest absolute Gasteiger partial charge is 0.242 e. The third-order valence-electron chi connectivity index (χ3n) is 3.14. The Morgan fingerprint density at radius 2 is 1.61 bits per heavy atom. The van der Waals surface area contributed by atoms with Crippen LogP contribution in [-0.2, 0) is 22.7 Å². The molecule has 18 heavy (non-hydrogen) atoms. The Bertz CT molecular complexity index is 526. The minimum atomic E-state index is -0.862. The van der Waals surface area contributed by atoms with Crippen molar-refractivity contribution in [2.24, 2.45) is 0 Å². The predicted octanol–water partition coefficient (Wildman–Crippen LogP) is 4.79. The van der Waals surface area contributed by atoms with Gasteiger partial charge in [0.15, 0.2) is 0 Å². The molecular formula is C12H14OS5. The maximum atomic E-state index is 12.2. The molecule has 0 N–H and O–H groups in total. The van der Waals surface area contributed by atoms with Crippen molar-refractivity contribution < 1.29 is 4.21 Å². The number of hydrogen-bond donors (Lipinski definition) is 0. The van der Waals surface area contributed by atoms with Gasteiger partial charge in [0.25, 0.3) is 0 Å². The molecule has 2 aliphatic heterocycles. The van der Waals surface area contributed by atoms with Gasteiger partial charge >= 0.3 is 0 Å². The van der Waals surface area contributed by atoms with Gasteiger partial charge in [-0.2, -0.15) is 0 Å². The van der Waals surface area contributed by atoms with E-state index in [-0.39, 0.29) is 0 Å². The van der Waals surface area contributed by atoms with E-state index in [9.17, 15) is 4.21 Å². The maximum Gasteiger partial charge on any atom is 0.125 e. The first-order valence-corrected chi connectivity index (χ1v) is 11.8. The molecule has 1 atom stereocenters. The Kier molecular flexibility index (Phi) is 4.30. The van der Waals surface area contributed by atoms with E-state index >= 15 is 0 Å². The Hall–Kier alpha value is 0.770. The molecular weight excluding hydrogens is 320 g/mol. The lowest BCUT2D eigenvalue weighted by Gasteiger charge is -2.23. The van der Waals surface area contributed by atoms with Crippen molar-refractivity contribution >= 4 is 54.0 Å². The summed E-state index contributed by atoms with van der Waals surface area (Å²) in [6, 6.07) is 0. The smallest absolute Gasteiger partial charge is 0.125 e. The first-order valence-electron chi connectivity index (χ1n) is 6.02. The molecule has 0 aromatic heterocycles. The van der Waals surface area contributed by atoms with Crippen LogP contribution in [0.5, 0.6) is 0 Å². The summed E-state index contributed by atoms with van der Waals surface area (Å²) in [5, 5.41) is 0. The topological polar surface area (TPSA) is 17.1 Å². The molecule has 3 rings (SSSR count). The third kappa shape index (κ3) is 2.08. The third-order valence-corrected chi connectivity index (χ3v) is 10.8. The van der Waals surface area contributed by atoms with E-state index < -0.39 is 9.83 Å². The summed E-state index contributed by atoms with van der Waals surface area (Å²) in [4.78, 5) is 5.36. The molecule has 1 unspecified atom stereocenters. The summed E-state index contributed by atoms with van der Waals surface area (Å²) in [7, 11) is 2.38. The van der Waals surface area contributed by atoms with Crippen LogP contribution in [0.2, 0.25) is 0 Å². The fraction of sp³-hybridized carbons (Fsp3) is 0.500. The monoisotopic (exact) mass is 334 g/mol. The van der Waals surface area contributed by atoms with E-state index in [1.54, 1.807) is 10.8 Å². The first kappa shape index (κ1) is 13.7. The lowest BCUT2D eigenvalue weighted by atomic mass is 10.1. The zero-order chi connectivity index (χ0) is 12.7. The molecule has 0 bridgehead atoms. The molecule has 0 saturated carbocycles. The molecule has 0 radical (unpaired) electrons. The van der Waals surface area contributed by atoms with E-state index in [2.05, 4.69) is 13.8 Å². The molecule has 0 aliphatic carbocycles. The van der Waals surface area contributed by atoms with E-state index in [4.69, 9.17) is 0 Å². The van der Waals surface area contributed by atoms with E-state index in [1.807, 2.05) is 23.5 Å². The Labute approximate surface area is 126 Å². The molecule has 98 valence electrons. The van der Waals surface area contributed by atoms with Crippen LogP contribution in [0.25, 0.3) is 0 Å². The lowest BCUT2D eigenvalue weighted by molar-refractivity contribution is 0.688. The van der Waals surface area contributed by atoms with Crippen LogP contribution in [0.1, 0.15) is 25.0 Å². The van der Waals surface area contributed by atoms with E-state index in [1.165, 1.54) is 47.1 Å². The summed E-state index contributed by atoms with van der Waals surface area (Å²) in [6.07, 6.45) is 2.04. The second-order valence-electron chi connectivity index (χ2n) is 4.06. The number of rotatable bonds is 2. The first-order chi connectivity index (χ1) is 8.77. The highest BCUT2D eigenvalue weighted by Gasteiger charge is 2.32. The zero-order valence-corrected chi connectivity index (χ0v) is 14.4. The van der Waals surface area contributed by atoms with Gasteiger partial charge in [-0.15, -0.1) is 23.5 Å². The average molecular weight is 335 g/mol. The van der Waals surface area contributed by atoms with Crippen molar-refractivity contribution in [2.45, 2.75) is 46.3 Å². The van der Waals surface area contributed by atoms with Gasteiger partial charge in [-0.1, -0.05) is 13.8 Å². The van der Waals surface area contributed by atoms with Crippen molar-refractivity contribution in [2.75, 3.05) is 11.5 Å². The molecule has 0 amide bonds. The Balaban J connectivity index is 2.33. The molecule has 2 aliphatic rings. The van der Waals surface area contributed by atoms with Crippen LogP contribution < -0.4 is 0 Å². The number of thioether (sulfide) groups is 2. The highest BCUT2D eigenvalue weighted by atomic mass is 33.5. The van der Waals surface area contributed by atoms with Crippen LogP contribution >= 0.6 is 44.1 Å². The van der Waals surface area contributed by atoms with Crippen LogP contribution in [0.3, 0.4) is 0 Å². The Morgan fingerprint density at radius 1 is 1.00 bits per heavy atom. The standard InChI is InChI=1S/C12H14OS5/c1-3-7-9-10(15-6-5-14-9)8(4-2)12-11(7)16-17-18(12)13/h3-6H2,1-2H3. The minimum Gasteiger partial charge on any atom is -0.242 e. The second-order valence-corrected chi connectivity index (χ2v) is 10.9. The second kappa shape index (κ2) is 5.64. The van der Waals surface area contributed by atoms with Crippen molar-refractivity contribution in [3.05, 3.63) is 11.1 Å². The van der Waals surface area contributed by atoms with Gasteiger partial charge in [-0.25, -0.2) is 4.21 Å². The van der Waals surface area contributed by atoms with Gasteiger partial charge < -0.3 is 0 Å². The van der Waals surface area contributed by atoms with Crippen LogP contribution in [0.15, 0.2) is 19.6 Å².